The van der Waals surface area contributed by atoms with Crippen molar-refractivity contribution < 1.29 is 18.5 Å². The Morgan fingerprint density at radius 2 is 2.16 bits per heavy atom. The Labute approximate surface area is 112 Å². The zero-order valence-electron chi connectivity index (χ0n) is 9.95. The fraction of sp³-hybridized carbons (Fsp3) is 0.364. The first-order valence-corrected chi connectivity index (χ1v) is 5.90. The van der Waals surface area contributed by atoms with Gasteiger partial charge in [-0.3, -0.25) is 14.9 Å². The molecule has 0 bridgehead atoms. The summed E-state index contributed by atoms with van der Waals surface area (Å²) in [7, 11) is 0. The fourth-order valence-corrected chi connectivity index (χ4v) is 1.74. The summed E-state index contributed by atoms with van der Waals surface area (Å²) in [5.74, 6) is -3.05. The van der Waals surface area contributed by atoms with E-state index in [1.807, 2.05) is 0 Å². The molecule has 1 unspecified atom stereocenters. The number of carbonyl (C=O) groups excluding carboxylic acids is 1. The van der Waals surface area contributed by atoms with E-state index in [2.05, 4.69) is 5.32 Å². The van der Waals surface area contributed by atoms with Gasteiger partial charge >= 0.3 is 5.69 Å². The van der Waals surface area contributed by atoms with Crippen molar-refractivity contribution in [2.45, 2.75) is 19.4 Å². The molecule has 0 aromatic heterocycles. The second kappa shape index (κ2) is 6.42. The molecule has 0 fully saturated rings. The topological polar surface area (TPSA) is 72.2 Å². The van der Waals surface area contributed by atoms with Gasteiger partial charge < -0.3 is 5.32 Å². The zero-order chi connectivity index (χ0) is 14.6. The second-order valence-electron chi connectivity index (χ2n) is 3.90. The number of alkyl halides is 1. The van der Waals surface area contributed by atoms with Gasteiger partial charge in [0.2, 0.25) is 5.82 Å². The Bertz CT molecular complexity index is 511. The number of amides is 1. The van der Waals surface area contributed by atoms with Crippen LogP contribution in [0.4, 0.5) is 14.5 Å². The third-order valence-electron chi connectivity index (χ3n) is 2.38. The van der Waals surface area contributed by atoms with Crippen molar-refractivity contribution in [2.75, 3.05) is 5.88 Å². The molecule has 0 saturated carbocycles. The molecule has 0 radical (unpaired) electrons. The molecule has 0 saturated heterocycles. The Hall–Kier alpha value is -1.76. The van der Waals surface area contributed by atoms with E-state index in [4.69, 9.17) is 11.6 Å². The van der Waals surface area contributed by atoms with Crippen molar-refractivity contribution in [3.05, 3.63) is 39.4 Å². The predicted octanol–water partition coefficient (Wildman–Crippen LogP) is 2.62. The summed E-state index contributed by atoms with van der Waals surface area (Å²) < 4.78 is 26.8. The Kier molecular flexibility index (Phi) is 5.17. The summed E-state index contributed by atoms with van der Waals surface area (Å²) in [6.45, 7) is 1.63. The maximum atomic E-state index is 13.7. The Morgan fingerprint density at radius 1 is 1.53 bits per heavy atom. The fourth-order valence-electron chi connectivity index (χ4n) is 1.41. The summed E-state index contributed by atoms with van der Waals surface area (Å²) in [4.78, 5) is 21.1. The van der Waals surface area contributed by atoms with Crippen LogP contribution >= 0.6 is 11.6 Å². The van der Waals surface area contributed by atoms with E-state index in [-0.39, 0.29) is 11.9 Å². The predicted molar refractivity (Wildman–Crippen MR) is 65.3 cm³/mol. The molecule has 104 valence electrons. The van der Waals surface area contributed by atoms with Gasteiger partial charge in [-0.25, -0.2) is 4.39 Å². The molecular weight excluding hydrogens is 282 g/mol. The quantitative estimate of drug-likeness (QED) is 0.515. The maximum Gasteiger partial charge on any atom is 0.308 e. The maximum absolute atomic E-state index is 13.7. The van der Waals surface area contributed by atoms with Crippen LogP contribution in [0.25, 0.3) is 0 Å². The molecule has 0 aliphatic rings. The van der Waals surface area contributed by atoms with Gasteiger partial charge in [-0.1, -0.05) is 0 Å². The van der Waals surface area contributed by atoms with Crippen molar-refractivity contribution in [3.8, 4) is 0 Å². The minimum absolute atomic E-state index is 0.285. The highest BCUT2D eigenvalue weighted by molar-refractivity contribution is 6.17. The van der Waals surface area contributed by atoms with Gasteiger partial charge in [-0.05, 0) is 19.4 Å². The van der Waals surface area contributed by atoms with Crippen LogP contribution in [0, 0.1) is 21.7 Å². The average molecular weight is 293 g/mol. The van der Waals surface area contributed by atoms with Gasteiger partial charge in [-0.2, -0.15) is 4.39 Å². The van der Waals surface area contributed by atoms with Gasteiger partial charge in [0.1, 0.15) is 5.82 Å². The number of hydrogen-bond acceptors (Lipinski definition) is 3. The first-order valence-electron chi connectivity index (χ1n) is 5.37. The molecule has 1 N–H and O–H groups in total. The number of nitro benzene ring substituents is 1. The van der Waals surface area contributed by atoms with E-state index in [0.29, 0.717) is 18.6 Å². The lowest BCUT2D eigenvalue weighted by Crippen LogP contribution is -2.33. The lowest BCUT2D eigenvalue weighted by Gasteiger charge is -2.12. The smallest absolute Gasteiger partial charge is 0.308 e. The van der Waals surface area contributed by atoms with E-state index in [1.165, 1.54) is 0 Å². The van der Waals surface area contributed by atoms with Crippen LogP contribution in [0.5, 0.6) is 0 Å². The molecule has 8 heteroatoms. The van der Waals surface area contributed by atoms with E-state index in [1.54, 1.807) is 6.92 Å². The van der Waals surface area contributed by atoms with Crippen LogP contribution < -0.4 is 5.32 Å². The normalized spacial score (nSPS) is 12.0. The molecule has 0 spiro atoms. The average Bonchev–Trinajstić information content (AvgIpc) is 2.31. The molecule has 1 atom stereocenters. The number of hydrogen-bond donors (Lipinski definition) is 1. The van der Waals surface area contributed by atoms with Crippen molar-refractivity contribution in [1.82, 2.24) is 5.32 Å². The molecule has 0 aliphatic heterocycles. The summed E-state index contributed by atoms with van der Waals surface area (Å²) in [6.07, 6.45) is 0.437. The monoisotopic (exact) mass is 292 g/mol. The van der Waals surface area contributed by atoms with Crippen LogP contribution in [0.15, 0.2) is 12.1 Å². The number of benzene rings is 1. The first-order chi connectivity index (χ1) is 8.86. The van der Waals surface area contributed by atoms with Crippen LogP contribution in [-0.2, 0) is 0 Å². The molecule has 1 aromatic rings. The van der Waals surface area contributed by atoms with Crippen LogP contribution in [0.3, 0.4) is 0 Å². The summed E-state index contributed by atoms with van der Waals surface area (Å²) in [6, 6.07) is 0.686. The highest BCUT2D eigenvalue weighted by Gasteiger charge is 2.24. The molecule has 0 aliphatic carbocycles. The highest BCUT2D eigenvalue weighted by atomic mass is 35.5. The number of nitrogens with one attached hydrogen (secondary N) is 1. The first kappa shape index (κ1) is 15.3. The van der Waals surface area contributed by atoms with E-state index >= 15 is 0 Å². The third kappa shape index (κ3) is 3.85. The molecule has 0 heterocycles. The number of nitro groups is 1. The highest BCUT2D eigenvalue weighted by Crippen LogP contribution is 2.22. The van der Waals surface area contributed by atoms with Gasteiger partial charge in [0, 0.05) is 11.9 Å². The largest absolute Gasteiger partial charge is 0.349 e. The zero-order valence-corrected chi connectivity index (χ0v) is 10.7. The molecule has 1 amide bonds. The van der Waals surface area contributed by atoms with Gasteiger partial charge in [0.05, 0.1) is 16.6 Å². The van der Waals surface area contributed by atoms with Crippen molar-refractivity contribution in [1.29, 1.82) is 0 Å². The molecule has 19 heavy (non-hydrogen) atoms. The number of carbonyl (C=O) groups is 1. The molecule has 5 nitrogen and oxygen atoms in total. The molecule has 1 rings (SSSR count). The SMILES string of the molecule is CC(CCCl)NC(=O)c1cc(F)cc([N+](=O)[O-])c1F. The minimum atomic E-state index is -1.36. The second-order valence-corrected chi connectivity index (χ2v) is 4.27. The van der Waals surface area contributed by atoms with Crippen molar-refractivity contribution in [3.63, 3.8) is 0 Å². The number of nitrogens with zero attached hydrogens (tertiary/aromatic N) is 1. The standard InChI is InChI=1S/C11H11ClF2N2O3/c1-6(2-3-12)15-11(17)8-4-7(13)5-9(10(8)14)16(18)19/h4-6H,2-3H2,1H3,(H,15,17). The lowest BCUT2D eigenvalue weighted by molar-refractivity contribution is -0.387. The summed E-state index contributed by atoms with van der Waals surface area (Å²) in [5.41, 5.74) is -1.77. The van der Waals surface area contributed by atoms with Gasteiger partial charge in [-0.15, -0.1) is 11.6 Å². The molecule has 1 aromatic carbocycles. The number of rotatable bonds is 5. The van der Waals surface area contributed by atoms with Crippen molar-refractivity contribution >= 4 is 23.2 Å². The van der Waals surface area contributed by atoms with E-state index < -0.39 is 33.7 Å². The van der Waals surface area contributed by atoms with Gasteiger partial charge in [0.15, 0.2) is 0 Å². The van der Waals surface area contributed by atoms with Crippen LogP contribution in [-0.4, -0.2) is 22.8 Å². The van der Waals surface area contributed by atoms with Crippen LogP contribution in [0.1, 0.15) is 23.7 Å². The summed E-state index contributed by atoms with van der Waals surface area (Å²) in [5, 5.41) is 12.9. The third-order valence-corrected chi connectivity index (χ3v) is 2.60. The minimum Gasteiger partial charge on any atom is -0.349 e. The summed E-state index contributed by atoms with van der Waals surface area (Å²) >= 11 is 5.47. The van der Waals surface area contributed by atoms with Crippen molar-refractivity contribution in [2.24, 2.45) is 0 Å². The van der Waals surface area contributed by atoms with Gasteiger partial charge in [0.25, 0.3) is 5.91 Å². The Morgan fingerprint density at radius 3 is 2.68 bits per heavy atom. The van der Waals surface area contributed by atoms with Crippen LogP contribution in [0.2, 0.25) is 0 Å². The Balaban J connectivity index is 3.06. The number of halogens is 3. The molecular formula is C11H11ClF2N2O3. The lowest BCUT2D eigenvalue weighted by atomic mass is 10.1. The van der Waals surface area contributed by atoms with E-state index in [9.17, 15) is 23.7 Å². The van der Waals surface area contributed by atoms with E-state index in [0.717, 1.165) is 0 Å².